The fourth-order valence-corrected chi connectivity index (χ4v) is 6.18. The lowest BCUT2D eigenvalue weighted by Crippen LogP contribution is -2.26. The number of fused-ring (bicyclic) bond motifs is 10. The van der Waals surface area contributed by atoms with Gasteiger partial charge in [0.15, 0.2) is 29.1 Å². The van der Waals surface area contributed by atoms with Crippen LogP contribution in [0.5, 0.6) is 0 Å². The van der Waals surface area contributed by atoms with Crippen molar-refractivity contribution in [1.82, 2.24) is 0 Å². The molecule has 0 aliphatic heterocycles. The Kier molecular flexibility index (Phi) is 4.59. The molecule has 5 aromatic carbocycles. The summed E-state index contributed by atoms with van der Waals surface area (Å²) in [4.78, 5) is 13.3. The Bertz CT molecular complexity index is 1760. The van der Waals surface area contributed by atoms with Gasteiger partial charge in [0, 0.05) is 5.56 Å². The SMILES string of the molecule is O=C(c1ccc2c(c1)C1(c3ccccc3-c3ccccc31)c1ccccc1-2)c1c(F)c(F)c(F)c(F)c1F. The van der Waals surface area contributed by atoms with Crippen molar-refractivity contribution in [2.75, 3.05) is 0 Å². The van der Waals surface area contributed by atoms with Crippen molar-refractivity contribution in [3.05, 3.63) is 153 Å². The van der Waals surface area contributed by atoms with Crippen LogP contribution in [0.25, 0.3) is 22.3 Å². The Balaban J connectivity index is 1.54. The van der Waals surface area contributed by atoms with E-state index in [1.165, 1.54) is 12.1 Å². The maximum Gasteiger partial charge on any atom is 0.200 e. The van der Waals surface area contributed by atoms with Crippen molar-refractivity contribution >= 4 is 5.78 Å². The molecule has 0 fully saturated rings. The van der Waals surface area contributed by atoms with Gasteiger partial charge in [0.2, 0.25) is 5.82 Å². The molecule has 0 amide bonds. The Morgan fingerprint density at radius 1 is 0.474 bits per heavy atom. The molecule has 2 aliphatic rings. The molecule has 0 N–H and O–H groups in total. The maximum atomic E-state index is 14.6. The highest BCUT2D eigenvalue weighted by Gasteiger charge is 2.51. The number of rotatable bonds is 2. The minimum Gasteiger partial charge on any atom is -0.288 e. The van der Waals surface area contributed by atoms with E-state index in [1.54, 1.807) is 6.07 Å². The molecule has 184 valence electrons. The number of carbonyl (C=O) groups excluding carboxylic acids is 1. The zero-order chi connectivity index (χ0) is 26.3. The normalized spacial score (nSPS) is 13.7. The van der Waals surface area contributed by atoms with E-state index in [2.05, 4.69) is 0 Å². The molecule has 5 aromatic rings. The molecule has 0 saturated heterocycles. The van der Waals surface area contributed by atoms with E-state index >= 15 is 0 Å². The summed E-state index contributed by atoms with van der Waals surface area (Å²) in [5.41, 5.74) is 4.95. The van der Waals surface area contributed by atoms with Gasteiger partial charge in [-0.05, 0) is 50.6 Å². The minimum absolute atomic E-state index is 0.180. The molecule has 38 heavy (non-hydrogen) atoms. The quantitative estimate of drug-likeness (QED) is 0.0998. The van der Waals surface area contributed by atoms with E-state index in [4.69, 9.17) is 0 Å². The van der Waals surface area contributed by atoms with Gasteiger partial charge in [-0.3, -0.25) is 4.79 Å². The Hall–Kier alpha value is -4.58. The third-order valence-corrected chi connectivity index (χ3v) is 7.70. The van der Waals surface area contributed by atoms with Crippen LogP contribution in [0.1, 0.15) is 38.2 Å². The molecule has 2 aliphatic carbocycles. The largest absolute Gasteiger partial charge is 0.288 e. The lowest BCUT2D eigenvalue weighted by Gasteiger charge is -2.30. The first-order chi connectivity index (χ1) is 18.4. The number of hydrogen-bond acceptors (Lipinski definition) is 1. The van der Waals surface area contributed by atoms with Gasteiger partial charge in [-0.25, -0.2) is 22.0 Å². The number of ketones is 1. The fourth-order valence-electron chi connectivity index (χ4n) is 6.18. The van der Waals surface area contributed by atoms with E-state index in [0.29, 0.717) is 5.56 Å². The zero-order valence-corrected chi connectivity index (χ0v) is 19.5. The van der Waals surface area contributed by atoms with Crippen molar-refractivity contribution in [3.8, 4) is 22.3 Å². The van der Waals surface area contributed by atoms with Crippen molar-refractivity contribution in [2.45, 2.75) is 5.41 Å². The molecule has 0 aromatic heterocycles. The van der Waals surface area contributed by atoms with Crippen LogP contribution in [-0.4, -0.2) is 5.78 Å². The van der Waals surface area contributed by atoms with Crippen molar-refractivity contribution in [1.29, 1.82) is 0 Å². The van der Waals surface area contributed by atoms with Crippen LogP contribution in [0.3, 0.4) is 0 Å². The van der Waals surface area contributed by atoms with Gasteiger partial charge in [-0.2, -0.15) is 0 Å². The first kappa shape index (κ1) is 22.6. The summed E-state index contributed by atoms with van der Waals surface area (Å²) >= 11 is 0. The second-order valence-corrected chi connectivity index (χ2v) is 9.42. The number of benzene rings is 5. The van der Waals surface area contributed by atoms with Crippen LogP contribution in [0.2, 0.25) is 0 Å². The Labute approximate surface area is 213 Å². The van der Waals surface area contributed by atoms with Gasteiger partial charge in [0.25, 0.3) is 0 Å². The molecule has 0 bridgehead atoms. The van der Waals surface area contributed by atoms with Crippen molar-refractivity contribution in [2.24, 2.45) is 0 Å². The third-order valence-electron chi connectivity index (χ3n) is 7.70. The molecular weight excluding hydrogens is 495 g/mol. The molecule has 0 atom stereocenters. The molecule has 6 heteroatoms. The molecular formula is C32H15F5O. The van der Waals surface area contributed by atoms with Crippen LogP contribution in [-0.2, 0) is 5.41 Å². The molecule has 1 nitrogen and oxygen atoms in total. The van der Waals surface area contributed by atoms with Gasteiger partial charge in [-0.1, -0.05) is 84.9 Å². The second-order valence-electron chi connectivity index (χ2n) is 9.42. The summed E-state index contributed by atoms with van der Waals surface area (Å²) < 4.78 is 70.7. The van der Waals surface area contributed by atoms with Gasteiger partial charge in [0.05, 0.1) is 5.41 Å². The predicted octanol–water partition coefficient (Wildman–Crippen LogP) is 7.96. The highest BCUT2D eigenvalue weighted by Crippen LogP contribution is 2.62. The summed E-state index contributed by atoms with van der Waals surface area (Å²) in [7, 11) is 0. The van der Waals surface area contributed by atoms with E-state index in [0.717, 1.165) is 38.9 Å². The van der Waals surface area contributed by atoms with Gasteiger partial charge in [-0.15, -0.1) is 0 Å². The Morgan fingerprint density at radius 3 is 1.34 bits per heavy atom. The zero-order valence-electron chi connectivity index (χ0n) is 19.5. The number of hydrogen-bond donors (Lipinski definition) is 0. The summed E-state index contributed by atoms with van der Waals surface area (Å²) in [6.45, 7) is 0. The van der Waals surface area contributed by atoms with E-state index in [1.807, 2.05) is 72.8 Å². The van der Waals surface area contributed by atoms with Crippen LogP contribution >= 0.6 is 0 Å². The average molecular weight is 510 g/mol. The smallest absolute Gasteiger partial charge is 0.200 e. The van der Waals surface area contributed by atoms with Crippen LogP contribution in [0.4, 0.5) is 22.0 Å². The van der Waals surface area contributed by atoms with Crippen LogP contribution in [0.15, 0.2) is 91.0 Å². The molecule has 0 radical (unpaired) electrons. The molecule has 0 heterocycles. The monoisotopic (exact) mass is 510 g/mol. The van der Waals surface area contributed by atoms with Crippen LogP contribution < -0.4 is 0 Å². The first-order valence-corrected chi connectivity index (χ1v) is 11.9. The average Bonchev–Trinajstić information content (AvgIpc) is 3.42. The van der Waals surface area contributed by atoms with Gasteiger partial charge >= 0.3 is 0 Å². The predicted molar refractivity (Wildman–Crippen MR) is 132 cm³/mol. The number of halogens is 5. The summed E-state index contributed by atoms with van der Waals surface area (Å²) in [5.74, 6) is -12.2. The topological polar surface area (TPSA) is 17.1 Å². The Morgan fingerprint density at radius 2 is 0.868 bits per heavy atom. The minimum atomic E-state index is -2.31. The lowest BCUT2D eigenvalue weighted by atomic mass is 9.70. The lowest BCUT2D eigenvalue weighted by molar-refractivity contribution is 0.102. The standard InChI is InChI=1S/C32H15F5O/c33-26-25(27(34)29(36)30(37)28(26)35)31(38)16-13-14-20-19-9-3-6-12-23(19)32(24(20)15-16)21-10-4-1-7-17(21)18-8-2-5-11-22(18)32/h1-15H. The second kappa shape index (κ2) is 7.71. The van der Waals surface area contributed by atoms with Crippen molar-refractivity contribution < 1.29 is 26.7 Å². The third kappa shape index (κ3) is 2.62. The van der Waals surface area contributed by atoms with E-state index < -0.39 is 45.8 Å². The van der Waals surface area contributed by atoms with E-state index in [9.17, 15) is 26.7 Å². The van der Waals surface area contributed by atoms with Gasteiger partial charge in [0.1, 0.15) is 5.56 Å². The molecule has 1 spiro atoms. The summed E-state index contributed by atoms with van der Waals surface area (Å²) in [5, 5.41) is 0. The summed E-state index contributed by atoms with van der Waals surface area (Å²) in [6.07, 6.45) is 0. The fraction of sp³-hybridized carbons (Fsp3) is 0.0312. The highest BCUT2D eigenvalue weighted by atomic mass is 19.2. The maximum absolute atomic E-state index is 14.6. The number of carbonyl (C=O) groups is 1. The van der Waals surface area contributed by atoms with Gasteiger partial charge < -0.3 is 0 Å². The first-order valence-electron chi connectivity index (χ1n) is 11.9. The van der Waals surface area contributed by atoms with Crippen molar-refractivity contribution in [3.63, 3.8) is 0 Å². The summed E-state index contributed by atoms with van der Waals surface area (Å²) in [6, 6.07) is 28.2. The van der Waals surface area contributed by atoms with E-state index in [-0.39, 0.29) is 5.56 Å². The molecule has 0 unspecified atom stereocenters. The molecule has 7 rings (SSSR count). The molecule has 0 saturated carbocycles. The highest BCUT2D eigenvalue weighted by molar-refractivity contribution is 6.10. The van der Waals surface area contributed by atoms with Crippen LogP contribution in [0, 0.1) is 29.1 Å².